The molecular formula is C18H20ClNO2. The zero-order valence-corrected chi connectivity index (χ0v) is 14.0. The minimum atomic E-state index is -0.688. The molecule has 1 atom stereocenters. The van der Waals surface area contributed by atoms with Crippen molar-refractivity contribution in [3.05, 3.63) is 48.3 Å². The zero-order chi connectivity index (χ0) is 16.3. The summed E-state index contributed by atoms with van der Waals surface area (Å²) < 4.78 is 5.19. The number of carbonyl (C=O) groups is 1. The van der Waals surface area contributed by atoms with Gasteiger partial charge in [0.2, 0.25) is 5.24 Å². The molecule has 0 amide bonds. The topological polar surface area (TPSA) is 39.2 Å². The van der Waals surface area contributed by atoms with Crippen molar-refractivity contribution in [2.75, 3.05) is 7.11 Å². The highest BCUT2D eigenvalue weighted by atomic mass is 35.5. The Morgan fingerprint density at radius 2 is 1.82 bits per heavy atom. The van der Waals surface area contributed by atoms with E-state index in [-0.39, 0.29) is 11.2 Å². The van der Waals surface area contributed by atoms with E-state index in [4.69, 9.17) is 16.3 Å². The summed E-state index contributed by atoms with van der Waals surface area (Å²) in [7, 11) is 1.62. The van der Waals surface area contributed by atoms with Gasteiger partial charge in [-0.25, -0.2) is 0 Å². The fraction of sp³-hybridized carbons (Fsp3) is 0.333. The number of methoxy groups -OCH3 is 1. The lowest BCUT2D eigenvalue weighted by Crippen LogP contribution is -2.34. The van der Waals surface area contributed by atoms with Crippen molar-refractivity contribution in [1.82, 2.24) is 4.98 Å². The van der Waals surface area contributed by atoms with Gasteiger partial charge in [0.05, 0.1) is 18.7 Å². The molecule has 3 nitrogen and oxygen atoms in total. The third-order valence-electron chi connectivity index (χ3n) is 4.33. The number of halogens is 1. The van der Waals surface area contributed by atoms with Crippen LogP contribution in [0.3, 0.4) is 0 Å². The number of benzene rings is 1. The Bertz CT molecular complexity index is 667. The molecule has 116 valence electrons. The van der Waals surface area contributed by atoms with Crippen LogP contribution >= 0.6 is 11.6 Å². The van der Waals surface area contributed by atoms with Gasteiger partial charge in [-0.3, -0.25) is 9.78 Å². The maximum absolute atomic E-state index is 11.9. The number of rotatable bonds is 5. The Labute approximate surface area is 136 Å². The van der Waals surface area contributed by atoms with Gasteiger partial charge in [-0.2, -0.15) is 0 Å². The number of pyridine rings is 1. The lowest BCUT2D eigenvalue weighted by Gasteiger charge is -2.30. The molecule has 0 aliphatic heterocycles. The first-order valence-electron chi connectivity index (χ1n) is 7.19. The molecule has 1 aromatic heterocycles. The molecule has 0 bridgehead atoms. The van der Waals surface area contributed by atoms with E-state index < -0.39 is 5.41 Å². The molecule has 0 N–H and O–H groups in total. The van der Waals surface area contributed by atoms with Crippen molar-refractivity contribution in [3.8, 4) is 16.9 Å². The molecule has 0 spiro atoms. The van der Waals surface area contributed by atoms with Crippen molar-refractivity contribution in [3.63, 3.8) is 0 Å². The standard InChI is InChI=1S/C18H20ClNO2/c1-12(2)18(3,17(19)21)15-7-5-13(6-8-15)14-9-16(22-4)11-20-10-14/h5-12H,1-4H3. The normalized spacial score (nSPS) is 13.7. The van der Waals surface area contributed by atoms with Crippen LogP contribution in [0.1, 0.15) is 26.3 Å². The van der Waals surface area contributed by atoms with Crippen molar-refractivity contribution < 1.29 is 9.53 Å². The monoisotopic (exact) mass is 317 g/mol. The molecule has 0 saturated carbocycles. The van der Waals surface area contributed by atoms with Gasteiger partial charge in [-0.05, 0) is 41.6 Å². The second-order valence-electron chi connectivity index (χ2n) is 5.82. The molecule has 1 unspecified atom stereocenters. The minimum absolute atomic E-state index is 0.113. The predicted molar refractivity (Wildman–Crippen MR) is 89.3 cm³/mol. The fourth-order valence-electron chi connectivity index (χ4n) is 2.37. The van der Waals surface area contributed by atoms with Crippen molar-refractivity contribution in [2.45, 2.75) is 26.2 Å². The number of hydrogen-bond donors (Lipinski definition) is 0. The Morgan fingerprint density at radius 3 is 2.32 bits per heavy atom. The number of carbonyl (C=O) groups excluding carboxylic acids is 1. The van der Waals surface area contributed by atoms with Crippen LogP contribution in [0.2, 0.25) is 0 Å². The molecule has 1 heterocycles. The first-order chi connectivity index (χ1) is 10.4. The maximum Gasteiger partial charge on any atom is 0.232 e. The SMILES string of the molecule is COc1cncc(-c2ccc(C(C)(C(=O)Cl)C(C)C)cc2)c1. The number of aromatic nitrogens is 1. The smallest absolute Gasteiger partial charge is 0.232 e. The maximum atomic E-state index is 11.9. The summed E-state index contributed by atoms with van der Waals surface area (Å²) in [5, 5.41) is -0.335. The van der Waals surface area contributed by atoms with Gasteiger partial charge in [0.15, 0.2) is 0 Å². The predicted octanol–water partition coefficient (Wildman–Crippen LogP) is 4.44. The van der Waals surface area contributed by atoms with E-state index >= 15 is 0 Å². The quantitative estimate of drug-likeness (QED) is 0.765. The highest BCUT2D eigenvalue weighted by Gasteiger charge is 2.37. The molecular weight excluding hydrogens is 298 g/mol. The Kier molecular flexibility index (Phi) is 4.87. The lowest BCUT2D eigenvalue weighted by atomic mass is 9.74. The number of nitrogens with zero attached hydrogens (tertiary/aromatic N) is 1. The second kappa shape index (κ2) is 6.49. The molecule has 0 aliphatic carbocycles. The van der Waals surface area contributed by atoms with Gasteiger partial charge < -0.3 is 4.74 Å². The summed E-state index contributed by atoms with van der Waals surface area (Å²) in [6, 6.07) is 9.79. The largest absolute Gasteiger partial charge is 0.495 e. The van der Waals surface area contributed by atoms with E-state index in [0.717, 1.165) is 16.7 Å². The summed E-state index contributed by atoms with van der Waals surface area (Å²) in [5.74, 6) is 0.825. The first-order valence-corrected chi connectivity index (χ1v) is 7.57. The molecule has 0 aliphatic rings. The summed E-state index contributed by atoms with van der Waals surface area (Å²) in [4.78, 5) is 16.0. The number of ether oxygens (including phenoxy) is 1. The average molecular weight is 318 g/mol. The summed E-state index contributed by atoms with van der Waals surface area (Å²) >= 11 is 5.85. The van der Waals surface area contributed by atoms with Gasteiger partial charge >= 0.3 is 0 Å². The van der Waals surface area contributed by atoms with E-state index in [0.29, 0.717) is 5.75 Å². The van der Waals surface area contributed by atoms with Crippen molar-refractivity contribution in [2.24, 2.45) is 5.92 Å². The summed E-state index contributed by atoms with van der Waals surface area (Å²) in [6.45, 7) is 5.88. The van der Waals surface area contributed by atoms with Gasteiger partial charge in [0, 0.05) is 11.8 Å². The van der Waals surface area contributed by atoms with Crippen LogP contribution in [0.4, 0.5) is 0 Å². The summed E-state index contributed by atoms with van der Waals surface area (Å²) in [5.41, 5.74) is 2.21. The van der Waals surface area contributed by atoms with Gasteiger partial charge in [-0.1, -0.05) is 38.1 Å². The van der Waals surface area contributed by atoms with E-state index in [1.807, 2.05) is 51.1 Å². The Morgan fingerprint density at radius 1 is 1.18 bits per heavy atom. The average Bonchev–Trinajstić information content (AvgIpc) is 2.53. The van der Waals surface area contributed by atoms with Crippen LogP contribution in [-0.2, 0) is 10.2 Å². The van der Waals surface area contributed by atoms with E-state index in [2.05, 4.69) is 4.98 Å². The molecule has 4 heteroatoms. The highest BCUT2D eigenvalue weighted by molar-refractivity contribution is 6.65. The van der Waals surface area contributed by atoms with Crippen LogP contribution in [0.15, 0.2) is 42.7 Å². The molecule has 1 aromatic carbocycles. The molecule has 0 fully saturated rings. The van der Waals surface area contributed by atoms with Gasteiger partial charge in [0.25, 0.3) is 0 Å². The zero-order valence-electron chi connectivity index (χ0n) is 13.3. The van der Waals surface area contributed by atoms with Crippen LogP contribution in [0.5, 0.6) is 5.75 Å². The Hall–Kier alpha value is -1.87. The van der Waals surface area contributed by atoms with Gasteiger partial charge in [-0.15, -0.1) is 0 Å². The first kappa shape index (κ1) is 16.5. The third kappa shape index (κ3) is 3.00. The van der Waals surface area contributed by atoms with Crippen molar-refractivity contribution in [1.29, 1.82) is 0 Å². The van der Waals surface area contributed by atoms with E-state index in [1.165, 1.54) is 0 Å². The minimum Gasteiger partial charge on any atom is -0.495 e. The van der Waals surface area contributed by atoms with E-state index in [9.17, 15) is 4.79 Å². The second-order valence-corrected chi connectivity index (χ2v) is 6.16. The molecule has 2 aromatic rings. The molecule has 0 saturated heterocycles. The molecule has 22 heavy (non-hydrogen) atoms. The highest BCUT2D eigenvalue weighted by Crippen LogP contribution is 2.35. The molecule has 2 rings (SSSR count). The third-order valence-corrected chi connectivity index (χ3v) is 4.72. The fourth-order valence-corrected chi connectivity index (χ4v) is 2.70. The van der Waals surface area contributed by atoms with E-state index in [1.54, 1.807) is 19.5 Å². The Balaban J connectivity index is 2.39. The van der Waals surface area contributed by atoms with Crippen LogP contribution in [0.25, 0.3) is 11.1 Å². The van der Waals surface area contributed by atoms with Gasteiger partial charge in [0.1, 0.15) is 5.75 Å². The van der Waals surface area contributed by atoms with Crippen LogP contribution in [0, 0.1) is 5.92 Å². The molecule has 0 radical (unpaired) electrons. The van der Waals surface area contributed by atoms with Crippen LogP contribution in [-0.4, -0.2) is 17.3 Å². The summed E-state index contributed by atoms with van der Waals surface area (Å²) in [6.07, 6.45) is 3.45. The van der Waals surface area contributed by atoms with Crippen molar-refractivity contribution >= 4 is 16.8 Å². The number of hydrogen-bond acceptors (Lipinski definition) is 3. The van der Waals surface area contributed by atoms with Crippen LogP contribution < -0.4 is 4.74 Å². The lowest BCUT2D eigenvalue weighted by molar-refractivity contribution is -0.117.